The minimum absolute atomic E-state index is 0.0331. The number of likely N-dealkylation sites (tertiary alicyclic amines) is 1. The summed E-state index contributed by atoms with van der Waals surface area (Å²) in [6.45, 7) is 3.38. The third-order valence-corrected chi connectivity index (χ3v) is 3.46. The van der Waals surface area contributed by atoms with Crippen LogP contribution in [0.15, 0.2) is 18.3 Å². The molecule has 6 heteroatoms. The lowest BCUT2D eigenvalue weighted by molar-refractivity contribution is -0.132. The molecular weight excluding hydrogens is 256 g/mol. The molecule has 6 nitrogen and oxygen atoms in total. The highest BCUT2D eigenvalue weighted by atomic mass is 16.2. The predicted octanol–water partition coefficient (Wildman–Crippen LogP) is 0.993. The maximum absolute atomic E-state index is 12.3. The SMILES string of the molecule is CC(Nc1ncccc1C(N)=O)C(=O)N1CCCCC1. The summed E-state index contributed by atoms with van der Waals surface area (Å²) in [6.07, 6.45) is 4.84. The largest absolute Gasteiger partial charge is 0.365 e. The number of anilines is 1. The Labute approximate surface area is 118 Å². The third kappa shape index (κ3) is 3.26. The molecule has 108 valence electrons. The number of pyridine rings is 1. The molecule has 0 aliphatic carbocycles. The first-order valence-corrected chi connectivity index (χ1v) is 6.89. The van der Waals surface area contributed by atoms with Gasteiger partial charge in [-0.1, -0.05) is 0 Å². The van der Waals surface area contributed by atoms with Crippen molar-refractivity contribution >= 4 is 17.6 Å². The Kier molecular flexibility index (Phi) is 4.55. The number of amides is 2. The summed E-state index contributed by atoms with van der Waals surface area (Å²) >= 11 is 0. The highest BCUT2D eigenvalue weighted by Crippen LogP contribution is 2.15. The average Bonchev–Trinajstić information content (AvgIpc) is 2.47. The number of rotatable bonds is 4. The van der Waals surface area contributed by atoms with Gasteiger partial charge in [0.15, 0.2) is 0 Å². The van der Waals surface area contributed by atoms with E-state index in [0.29, 0.717) is 11.4 Å². The van der Waals surface area contributed by atoms with E-state index in [1.807, 2.05) is 4.90 Å². The monoisotopic (exact) mass is 276 g/mol. The van der Waals surface area contributed by atoms with Gasteiger partial charge in [-0.25, -0.2) is 4.98 Å². The maximum Gasteiger partial charge on any atom is 0.252 e. The van der Waals surface area contributed by atoms with Crippen LogP contribution in [-0.4, -0.2) is 40.8 Å². The first kappa shape index (κ1) is 14.3. The molecule has 0 spiro atoms. The summed E-state index contributed by atoms with van der Waals surface area (Å²) in [5.41, 5.74) is 5.59. The van der Waals surface area contributed by atoms with Crippen LogP contribution in [0.3, 0.4) is 0 Å². The van der Waals surface area contributed by atoms with E-state index < -0.39 is 11.9 Å². The Balaban J connectivity index is 2.05. The van der Waals surface area contributed by atoms with E-state index in [1.54, 1.807) is 25.3 Å². The van der Waals surface area contributed by atoms with Gasteiger partial charge < -0.3 is 16.0 Å². The Morgan fingerprint density at radius 2 is 2.05 bits per heavy atom. The van der Waals surface area contributed by atoms with Crippen LogP contribution < -0.4 is 11.1 Å². The van der Waals surface area contributed by atoms with Crippen molar-refractivity contribution < 1.29 is 9.59 Å². The van der Waals surface area contributed by atoms with Gasteiger partial charge in [-0.2, -0.15) is 0 Å². The molecule has 0 saturated carbocycles. The number of hydrogen-bond donors (Lipinski definition) is 2. The molecule has 0 aromatic carbocycles. The van der Waals surface area contributed by atoms with Crippen LogP contribution in [0.2, 0.25) is 0 Å². The number of hydrogen-bond acceptors (Lipinski definition) is 4. The van der Waals surface area contributed by atoms with E-state index in [9.17, 15) is 9.59 Å². The van der Waals surface area contributed by atoms with Crippen molar-refractivity contribution in [3.8, 4) is 0 Å². The minimum atomic E-state index is -0.557. The number of aromatic nitrogens is 1. The fourth-order valence-corrected chi connectivity index (χ4v) is 2.37. The van der Waals surface area contributed by atoms with Crippen LogP contribution >= 0.6 is 0 Å². The zero-order valence-electron chi connectivity index (χ0n) is 11.6. The maximum atomic E-state index is 12.3. The minimum Gasteiger partial charge on any atom is -0.365 e. The van der Waals surface area contributed by atoms with Crippen molar-refractivity contribution in [3.05, 3.63) is 23.9 Å². The van der Waals surface area contributed by atoms with E-state index in [0.717, 1.165) is 25.9 Å². The molecule has 1 aromatic heterocycles. The molecule has 1 saturated heterocycles. The van der Waals surface area contributed by atoms with Crippen LogP contribution in [0, 0.1) is 0 Å². The van der Waals surface area contributed by atoms with Gasteiger partial charge in [0.05, 0.1) is 5.56 Å². The fourth-order valence-electron chi connectivity index (χ4n) is 2.37. The summed E-state index contributed by atoms with van der Waals surface area (Å²) in [6, 6.07) is 2.80. The second kappa shape index (κ2) is 6.36. The Morgan fingerprint density at radius 1 is 1.35 bits per heavy atom. The number of nitrogens with two attached hydrogens (primary N) is 1. The number of carbonyl (C=O) groups excluding carboxylic acids is 2. The zero-order chi connectivity index (χ0) is 14.5. The number of nitrogens with one attached hydrogen (secondary N) is 1. The molecule has 0 bridgehead atoms. The van der Waals surface area contributed by atoms with Crippen molar-refractivity contribution in [3.63, 3.8) is 0 Å². The fraction of sp³-hybridized carbons (Fsp3) is 0.500. The van der Waals surface area contributed by atoms with Gasteiger partial charge in [0.2, 0.25) is 5.91 Å². The molecule has 3 N–H and O–H groups in total. The highest BCUT2D eigenvalue weighted by Gasteiger charge is 2.23. The van der Waals surface area contributed by atoms with Gasteiger partial charge in [0.25, 0.3) is 5.91 Å². The van der Waals surface area contributed by atoms with Gasteiger partial charge in [-0.15, -0.1) is 0 Å². The summed E-state index contributed by atoms with van der Waals surface area (Å²) < 4.78 is 0. The number of carbonyl (C=O) groups is 2. The molecular formula is C14H20N4O2. The van der Waals surface area contributed by atoms with Gasteiger partial charge in [0, 0.05) is 19.3 Å². The average molecular weight is 276 g/mol. The highest BCUT2D eigenvalue weighted by molar-refractivity contribution is 5.98. The Morgan fingerprint density at radius 3 is 2.70 bits per heavy atom. The number of piperidine rings is 1. The second-order valence-electron chi connectivity index (χ2n) is 5.02. The van der Waals surface area contributed by atoms with Crippen molar-refractivity contribution in [1.29, 1.82) is 0 Å². The number of nitrogens with zero attached hydrogens (tertiary/aromatic N) is 2. The van der Waals surface area contributed by atoms with Crippen LogP contribution in [0.4, 0.5) is 5.82 Å². The quantitative estimate of drug-likeness (QED) is 0.858. The first-order valence-electron chi connectivity index (χ1n) is 6.89. The smallest absolute Gasteiger partial charge is 0.252 e. The van der Waals surface area contributed by atoms with Crippen LogP contribution in [-0.2, 0) is 4.79 Å². The van der Waals surface area contributed by atoms with E-state index in [-0.39, 0.29) is 5.91 Å². The summed E-state index contributed by atoms with van der Waals surface area (Å²) in [5, 5.41) is 2.99. The standard InChI is InChI=1S/C14H20N4O2/c1-10(14(20)18-8-3-2-4-9-18)17-13-11(12(15)19)6-5-7-16-13/h5-7,10H,2-4,8-9H2,1H3,(H2,15,19)(H,16,17). The van der Waals surface area contributed by atoms with E-state index in [1.165, 1.54) is 6.42 Å². The van der Waals surface area contributed by atoms with Crippen molar-refractivity contribution in [2.75, 3.05) is 18.4 Å². The molecule has 1 aromatic rings. The lowest BCUT2D eigenvalue weighted by Gasteiger charge is -2.29. The molecule has 1 aliphatic rings. The third-order valence-electron chi connectivity index (χ3n) is 3.46. The molecule has 1 aliphatic heterocycles. The van der Waals surface area contributed by atoms with Crippen LogP contribution in [0.5, 0.6) is 0 Å². The Hall–Kier alpha value is -2.11. The van der Waals surface area contributed by atoms with Gasteiger partial charge in [-0.3, -0.25) is 9.59 Å². The van der Waals surface area contributed by atoms with Crippen LogP contribution in [0.1, 0.15) is 36.5 Å². The molecule has 2 heterocycles. The number of primary amides is 1. The van der Waals surface area contributed by atoms with E-state index in [4.69, 9.17) is 5.73 Å². The molecule has 1 unspecified atom stereocenters. The normalized spacial score (nSPS) is 16.6. The summed E-state index contributed by atoms with van der Waals surface area (Å²) in [5.74, 6) is -0.165. The molecule has 2 amide bonds. The molecule has 1 atom stereocenters. The van der Waals surface area contributed by atoms with E-state index >= 15 is 0 Å². The van der Waals surface area contributed by atoms with Crippen molar-refractivity contribution in [1.82, 2.24) is 9.88 Å². The summed E-state index contributed by atoms with van der Waals surface area (Å²) in [7, 11) is 0. The van der Waals surface area contributed by atoms with Gasteiger partial charge in [0.1, 0.15) is 11.9 Å². The molecule has 1 fully saturated rings. The van der Waals surface area contributed by atoms with Crippen LogP contribution in [0.25, 0.3) is 0 Å². The molecule has 20 heavy (non-hydrogen) atoms. The Bertz CT molecular complexity index is 498. The lowest BCUT2D eigenvalue weighted by Crippen LogP contribution is -2.44. The first-order chi connectivity index (χ1) is 9.59. The predicted molar refractivity (Wildman–Crippen MR) is 76.3 cm³/mol. The second-order valence-corrected chi connectivity index (χ2v) is 5.02. The van der Waals surface area contributed by atoms with Gasteiger partial charge in [-0.05, 0) is 38.3 Å². The zero-order valence-corrected chi connectivity index (χ0v) is 11.6. The summed E-state index contributed by atoms with van der Waals surface area (Å²) in [4.78, 5) is 29.6. The topological polar surface area (TPSA) is 88.3 Å². The molecule has 2 rings (SSSR count). The van der Waals surface area contributed by atoms with Crippen molar-refractivity contribution in [2.24, 2.45) is 5.73 Å². The van der Waals surface area contributed by atoms with Gasteiger partial charge >= 0.3 is 0 Å². The lowest BCUT2D eigenvalue weighted by atomic mass is 10.1. The van der Waals surface area contributed by atoms with Crippen molar-refractivity contribution in [2.45, 2.75) is 32.2 Å². The molecule has 0 radical (unpaired) electrons. The van der Waals surface area contributed by atoms with E-state index in [2.05, 4.69) is 10.3 Å².